The van der Waals surface area contributed by atoms with Crippen molar-refractivity contribution in [3.8, 4) is 0 Å². The molecule has 0 aromatic carbocycles. The number of hydrogen-bond donors (Lipinski definition) is 1. The molecule has 0 unspecified atom stereocenters. The molecule has 4 heteroatoms. The summed E-state index contributed by atoms with van der Waals surface area (Å²) in [5.41, 5.74) is 6.61. The third-order valence-corrected chi connectivity index (χ3v) is 5.11. The Labute approximate surface area is 127 Å². The minimum absolute atomic E-state index is 0.0818. The third-order valence-electron chi connectivity index (χ3n) is 5.11. The molecule has 1 aliphatic heterocycles. The molecule has 0 aromatic heterocycles. The first-order chi connectivity index (χ1) is 9.73. The van der Waals surface area contributed by atoms with E-state index in [1.165, 1.54) is 5.57 Å². The highest BCUT2D eigenvalue weighted by molar-refractivity contribution is 5.84. The van der Waals surface area contributed by atoms with Crippen LogP contribution in [0.4, 0.5) is 0 Å². The lowest BCUT2D eigenvalue weighted by molar-refractivity contribution is -0.135. The summed E-state index contributed by atoms with van der Waals surface area (Å²) >= 11 is 0. The lowest BCUT2D eigenvalue weighted by Gasteiger charge is -2.32. The Kier molecular flexibility index (Phi) is 4.45. The number of likely N-dealkylation sites (tertiary alicyclic amines) is 1. The monoisotopic (exact) mass is 292 g/mol. The van der Waals surface area contributed by atoms with Crippen LogP contribution >= 0.6 is 0 Å². The van der Waals surface area contributed by atoms with Crippen LogP contribution in [0.3, 0.4) is 0 Å². The largest absolute Gasteiger partial charge is 0.370 e. The van der Waals surface area contributed by atoms with Gasteiger partial charge in [-0.1, -0.05) is 25.5 Å². The van der Waals surface area contributed by atoms with E-state index < -0.39 is 0 Å². The highest BCUT2D eigenvalue weighted by Gasteiger charge is 2.61. The second-order valence-electron chi connectivity index (χ2n) is 7.51. The maximum absolute atomic E-state index is 12.7. The number of rotatable bonds is 4. The van der Waals surface area contributed by atoms with Crippen LogP contribution < -0.4 is 5.73 Å². The molecule has 1 saturated heterocycles. The van der Waals surface area contributed by atoms with E-state index in [9.17, 15) is 9.59 Å². The van der Waals surface area contributed by atoms with Crippen molar-refractivity contribution >= 4 is 11.8 Å². The number of nitrogens with zero attached hydrogens (tertiary/aromatic N) is 1. The highest BCUT2D eigenvalue weighted by Crippen LogP contribution is 2.60. The molecule has 0 radical (unpaired) electrons. The molecule has 4 nitrogen and oxygen atoms in total. The van der Waals surface area contributed by atoms with Gasteiger partial charge in [0.25, 0.3) is 0 Å². The quantitative estimate of drug-likeness (QED) is 0.808. The third kappa shape index (κ3) is 3.47. The van der Waals surface area contributed by atoms with Crippen molar-refractivity contribution in [1.82, 2.24) is 4.90 Å². The van der Waals surface area contributed by atoms with Crippen molar-refractivity contribution in [2.24, 2.45) is 28.9 Å². The lowest BCUT2D eigenvalue weighted by atomic mass is 9.93. The number of nitrogens with two attached hydrogens (primary N) is 1. The van der Waals surface area contributed by atoms with Crippen molar-refractivity contribution < 1.29 is 9.59 Å². The number of piperidine rings is 1. The summed E-state index contributed by atoms with van der Waals surface area (Å²) in [7, 11) is 0. The van der Waals surface area contributed by atoms with E-state index in [2.05, 4.69) is 33.8 Å². The predicted octanol–water partition coefficient (Wildman–Crippen LogP) is 2.34. The van der Waals surface area contributed by atoms with Crippen LogP contribution in [0.5, 0.6) is 0 Å². The van der Waals surface area contributed by atoms with Crippen LogP contribution in [0.1, 0.15) is 47.0 Å². The molecule has 1 heterocycles. The Morgan fingerprint density at radius 3 is 2.29 bits per heavy atom. The minimum atomic E-state index is -0.230. The first-order valence-electron chi connectivity index (χ1n) is 7.95. The molecule has 0 bridgehead atoms. The number of allylic oxidation sites excluding steroid dienone is 2. The summed E-state index contributed by atoms with van der Waals surface area (Å²) in [4.78, 5) is 25.7. The van der Waals surface area contributed by atoms with Crippen molar-refractivity contribution in [2.45, 2.75) is 47.0 Å². The predicted molar refractivity (Wildman–Crippen MR) is 83.3 cm³/mol. The SMILES string of the molecule is CC(C)=C[C@@H]1[C@@H](C(=O)N2CCC(CC(N)=O)CC2)C1(C)C. The standard InChI is InChI=1S/C17H28N2O2/c1-11(2)9-13-15(17(13,3)4)16(21)19-7-5-12(6-8-19)10-14(18)20/h9,12-13,15H,5-8,10H2,1-4H3,(H2,18,20)/t13-,15+/m1/s1. The Hall–Kier alpha value is -1.32. The van der Waals surface area contributed by atoms with Gasteiger partial charge in [-0.2, -0.15) is 0 Å². The number of carbonyl (C=O) groups is 2. The van der Waals surface area contributed by atoms with E-state index in [0.29, 0.717) is 24.2 Å². The second-order valence-corrected chi connectivity index (χ2v) is 7.51. The Bertz CT molecular complexity index is 455. The van der Waals surface area contributed by atoms with Crippen LogP contribution in [0.25, 0.3) is 0 Å². The zero-order valence-electron chi connectivity index (χ0n) is 13.7. The molecule has 2 N–H and O–H groups in total. The van der Waals surface area contributed by atoms with Gasteiger partial charge in [0.15, 0.2) is 0 Å². The first-order valence-corrected chi connectivity index (χ1v) is 7.95. The van der Waals surface area contributed by atoms with Gasteiger partial charge in [-0.05, 0) is 43.9 Å². The Morgan fingerprint density at radius 1 is 1.24 bits per heavy atom. The lowest BCUT2D eigenvalue weighted by Crippen LogP contribution is -2.40. The highest BCUT2D eigenvalue weighted by atomic mass is 16.2. The zero-order chi connectivity index (χ0) is 15.8. The van der Waals surface area contributed by atoms with Crippen molar-refractivity contribution in [2.75, 3.05) is 13.1 Å². The first kappa shape index (κ1) is 16.1. The van der Waals surface area contributed by atoms with E-state index >= 15 is 0 Å². The summed E-state index contributed by atoms with van der Waals surface area (Å²) < 4.78 is 0. The summed E-state index contributed by atoms with van der Waals surface area (Å²) in [5.74, 6) is 0.914. The molecule has 1 aliphatic carbocycles. The molecule has 1 saturated carbocycles. The van der Waals surface area contributed by atoms with E-state index in [1.807, 2.05) is 4.90 Å². The fourth-order valence-corrected chi connectivity index (χ4v) is 3.66. The Balaban J connectivity index is 1.91. The molecule has 0 spiro atoms. The van der Waals surface area contributed by atoms with Gasteiger partial charge in [0.05, 0.1) is 5.92 Å². The van der Waals surface area contributed by atoms with Crippen molar-refractivity contribution in [1.29, 1.82) is 0 Å². The topological polar surface area (TPSA) is 63.4 Å². The summed E-state index contributed by atoms with van der Waals surface area (Å²) in [6.07, 6.45) is 4.49. The maximum atomic E-state index is 12.7. The molecule has 2 atom stereocenters. The van der Waals surface area contributed by atoms with Crippen LogP contribution in [-0.4, -0.2) is 29.8 Å². The average molecular weight is 292 g/mol. The van der Waals surface area contributed by atoms with Gasteiger partial charge in [0.2, 0.25) is 11.8 Å². The van der Waals surface area contributed by atoms with Crippen LogP contribution in [-0.2, 0) is 9.59 Å². The van der Waals surface area contributed by atoms with Gasteiger partial charge in [-0.25, -0.2) is 0 Å². The molecule has 0 aromatic rings. The van der Waals surface area contributed by atoms with Gasteiger partial charge in [0.1, 0.15) is 0 Å². The molecule has 2 aliphatic rings. The van der Waals surface area contributed by atoms with Crippen molar-refractivity contribution in [3.05, 3.63) is 11.6 Å². The summed E-state index contributed by atoms with van der Waals surface area (Å²) in [5, 5.41) is 0. The molecule has 2 amide bonds. The van der Waals surface area contributed by atoms with Gasteiger partial charge in [-0.15, -0.1) is 0 Å². The number of primary amides is 1. The smallest absolute Gasteiger partial charge is 0.226 e. The average Bonchev–Trinajstić information content (AvgIpc) is 2.89. The van der Waals surface area contributed by atoms with E-state index in [1.54, 1.807) is 0 Å². The van der Waals surface area contributed by atoms with Crippen LogP contribution in [0.15, 0.2) is 11.6 Å². The normalized spacial score (nSPS) is 28.1. The van der Waals surface area contributed by atoms with Gasteiger partial charge in [0, 0.05) is 19.5 Å². The molecule has 118 valence electrons. The molecule has 2 fully saturated rings. The van der Waals surface area contributed by atoms with Crippen LogP contribution in [0, 0.1) is 23.2 Å². The molecular weight excluding hydrogens is 264 g/mol. The number of amides is 2. The molecular formula is C17H28N2O2. The fourth-order valence-electron chi connectivity index (χ4n) is 3.66. The summed E-state index contributed by atoms with van der Waals surface area (Å²) in [6, 6.07) is 0. The zero-order valence-corrected chi connectivity index (χ0v) is 13.7. The summed E-state index contributed by atoms with van der Waals surface area (Å²) in [6.45, 7) is 10.1. The van der Waals surface area contributed by atoms with Crippen molar-refractivity contribution in [3.63, 3.8) is 0 Å². The Morgan fingerprint density at radius 2 is 1.81 bits per heavy atom. The molecule has 2 rings (SSSR count). The number of hydrogen-bond acceptors (Lipinski definition) is 2. The van der Waals surface area contributed by atoms with E-state index in [0.717, 1.165) is 25.9 Å². The fraction of sp³-hybridized carbons (Fsp3) is 0.765. The van der Waals surface area contributed by atoms with Gasteiger partial charge >= 0.3 is 0 Å². The number of carbonyl (C=O) groups excluding carboxylic acids is 2. The molecule has 21 heavy (non-hydrogen) atoms. The van der Waals surface area contributed by atoms with Gasteiger partial charge < -0.3 is 10.6 Å². The van der Waals surface area contributed by atoms with E-state index in [-0.39, 0.29) is 17.2 Å². The second kappa shape index (κ2) is 5.82. The van der Waals surface area contributed by atoms with E-state index in [4.69, 9.17) is 5.73 Å². The maximum Gasteiger partial charge on any atom is 0.226 e. The van der Waals surface area contributed by atoms with Gasteiger partial charge in [-0.3, -0.25) is 9.59 Å². The minimum Gasteiger partial charge on any atom is -0.370 e. The van der Waals surface area contributed by atoms with Crippen LogP contribution in [0.2, 0.25) is 0 Å².